The van der Waals surface area contributed by atoms with E-state index in [1.807, 2.05) is 0 Å². The predicted octanol–water partition coefficient (Wildman–Crippen LogP) is 3.53. The van der Waals surface area contributed by atoms with Crippen molar-refractivity contribution < 1.29 is 17.9 Å². The van der Waals surface area contributed by atoms with Gasteiger partial charge >= 0.3 is 6.18 Å². The summed E-state index contributed by atoms with van der Waals surface area (Å²) in [4.78, 5) is 0. The topological polar surface area (TPSA) is 21.3 Å². The first-order chi connectivity index (χ1) is 9.01. The van der Waals surface area contributed by atoms with Crippen LogP contribution in [0, 0.1) is 0 Å². The fraction of sp³-hybridized carbons (Fsp3) is 0.571. The Bertz CT molecular complexity index is 482. The Kier molecular flexibility index (Phi) is 4.21. The molecule has 1 saturated heterocycles. The van der Waals surface area contributed by atoms with Crippen LogP contribution in [0.2, 0.25) is 0 Å². The van der Waals surface area contributed by atoms with Crippen LogP contribution in [0.5, 0.6) is 5.75 Å². The molecule has 6 heteroatoms. The Morgan fingerprint density at radius 3 is 2.70 bits per heavy atom. The number of benzene rings is 1. The van der Waals surface area contributed by atoms with Gasteiger partial charge in [-0.3, -0.25) is 0 Å². The molecule has 0 aromatic heterocycles. The minimum Gasteiger partial charge on any atom is -0.492 e. The van der Waals surface area contributed by atoms with Crippen LogP contribution in [0.3, 0.4) is 0 Å². The average molecular weight is 308 g/mol. The quantitative estimate of drug-likeness (QED) is 0.792. The lowest BCUT2D eigenvalue weighted by Crippen LogP contribution is -2.29. The molecule has 2 aliphatic rings. The Morgan fingerprint density at radius 2 is 1.95 bits per heavy atom. The molecular weight excluding hydrogens is 291 g/mol. The van der Waals surface area contributed by atoms with Crippen LogP contribution in [0.15, 0.2) is 18.2 Å². The van der Waals surface area contributed by atoms with Gasteiger partial charge in [-0.05, 0) is 44.5 Å². The van der Waals surface area contributed by atoms with Gasteiger partial charge in [-0.1, -0.05) is 6.07 Å². The van der Waals surface area contributed by atoms with E-state index in [0.717, 1.165) is 44.0 Å². The van der Waals surface area contributed by atoms with Crippen LogP contribution in [-0.2, 0) is 11.6 Å². The molecular formula is C14H17ClF3NO. The summed E-state index contributed by atoms with van der Waals surface area (Å²) < 4.78 is 43.6. The molecule has 0 radical (unpaired) electrons. The molecule has 3 rings (SSSR count). The molecule has 0 bridgehead atoms. The minimum absolute atomic E-state index is 0. The first kappa shape index (κ1) is 15.4. The maximum atomic E-state index is 12.7. The highest BCUT2D eigenvalue weighted by Crippen LogP contribution is 2.46. The van der Waals surface area contributed by atoms with Gasteiger partial charge in [-0.15, -0.1) is 12.4 Å². The van der Waals surface area contributed by atoms with E-state index in [9.17, 15) is 13.2 Å². The monoisotopic (exact) mass is 307 g/mol. The summed E-state index contributed by atoms with van der Waals surface area (Å²) in [5.41, 5.74) is 0.224. The van der Waals surface area contributed by atoms with E-state index in [-0.39, 0.29) is 17.8 Å². The van der Waals surface area contributed by atoms with Crippen LogP contribution < -0.4 is 10.1 Å². The molecule has 1 fully saturated rings. The molecule has 20 heavy (non-hydrogen) atoms. The van der Waals surface area contributed by atoms with Gasteiger partial charge in [0.15, 0.2) is 0 Å². The molecule has 0 saturated carbocycles. The number of nitrogens with one attached hydrogen (secondary N) is 1. The lowest BCUT2D eigenvalue weighted by molar-refractivity contribution is -0.137. The molecule has 1 aromatic carbocycles. The van der Waals surface area contributed by atoms with Crippen molar-refractivity contribution >= 4 is 12.4 Å². The van der Waals surface area contributed by atoms with E-state index in [4.69, 9.17) is 4.74 Å². The van der Waals surface area contributed by atoms with E-state index in [1.54, 1.807) is 6.07 Å². The van der Waals surface area contributed by atoms with E-state index in [0.29, 0.717) is 12.4 Å². The van der Waals surface area contributed by atoms with E-state index < -0.39 is 11.7 Å². The van der Waals surface area contributed by atoms with Gasteiger partial charge in [0.2, 0.25) is 0 Å². The van der Waals surface area contributed by atoms with Gasteiger partial charge < -0.3 is 10.1 Å². The molecule has 1 N–H and O–H groups in total. The molecule has 1 aromatic rings. The standard InChI is InChI=1S/C14H16F3NO.ClH/c15-14(16,17)10-2-3-11-12(8-10)19-9-13(11)4-1-6-18-7-5-13;/h2-3,8,18H,1,4-7,9H2;1H. The van der Waals surface area contributed by atoms with Crippen molar-refractivity contribution in [2.45, 2.75) is 30.9 Å². The maximum Gasteiger partial charge on any atom is 0.416 e. The normalized spacial score (nSPS) is 25.6. The minimum atomic E-state index is -4.31. The second-order valence-electron chi connectivity index (χ2n) is 5.38. The summed E-state index contributed by atoms with van der Waals surface area (Å²) in [5, 5.41) is 3.33. The van der Waals surface area contributed by atoms with Gasteiger partial charge in [-0.25, -0.2) is 0 Å². The summed E-state index contributed by atoms with van der Waals surface area (Å²) in [6, 6.07) is 3.92. The zero-order chi connectivity index (χ0) is 13.5. The number of rotatable bonds is 0. The summed E-state index contributed by atoms with van der Waals surface area (Å²) in [7, 11) is 0. The molecule has 2 heterocycles. The Labute approximate surface area is 122 Å². The highest BCUT2D eigenvalue weighted by Gasteiger charge is 2.42. The largest absolute Gasteiger partial charge is 0.492 e. The number of alkyl halides is 3. The number of hydrogen-bond donors (Lipinski definition) is 1. The molecule has 112 valence electrons. The van der Waals surface area contributed by atoms with Crippen molar-refractivity contribution in [3.63, 3.8) is 0 Å². The Balaban J connectivity index is 0.00000147. The fourth-order valence-corrected chi connectivity index (χ4v) is 3.09. The second-order valence-corrected chi connectivity index (χ2v) is 5.38. The zero-order valence-electron chi connectivity index (χ0n) is 10.9. The summed E-state index contributed by atoms with van der Waals surface area (Å²) in [5.74, 6) is 0.414. The van der Waals surface area contributed by atoms with Crippen LogP contribution in [0.4, 0.5) is 13.2 Å². The Hall–Kier alpha value is -0.940. The smallest absolute Gasteiger partial charge is 0.416 e. The van der Waals surface area contributed by atoms with Crippen molar-refractivity contribution in [1.29, 1.82) is 0 Å². The van der Waals surface area contributed by atoms with Crippen molar-refractivity contribution in [2.24, 2.45) is 0 Å². The van der Waals surface area contributed by atoms with Crippen LogP contribution in [0.25, 0.3) is 0 Å². The Morgan fingerprint density at radius 1 is 1.15 bits per heavy atom. The molecule has 1 unspecified atom stereocenters. The van der Waals surface area contributed by atoms with Gasteiger partial charge in [0, 0.05) is 11.0 Å². The zero-order valence-corrected chi connectivity index (χ0v) is 11.7. The third-order valence-electron chi connectivity index (χ3n) is 4.17. The summed E-state index contributed by atoms with van der Waals surface area (Å²) >= 11 is 0. The van der Waals surface area contributed by atoms with Crippen molar-refractivity contribution in [2.75, 3.05) is 19.7 Å². The van der Waals surface area contributed by atoms with Crippen LogP contribution in [-0.4, -0.2) is 19.7 Å². The molecule has 1 spiro atoms. The number of hydrogen-bond acceptors (Lipinski definition) is 2. The SMILES string of the molecule is Cl.FC(F)(F)c1ccc2c(c1)OCC21CCCNCC1. The van der Waals surface area contributed by atoms with Crippen molar-refractivity contribution in [1.82, 2.24) is 5.32 Å². The van der Waals surface area contributed by atoms with Crippen molar-refractivity contribution in [3.05, 3.63) is 29.3 Å². The number of halogens is 4. The van der Waals surface area contributed by atoms with Crippen molar-refractivity contribution in [3.8, 4) is 5.75 Å². The van der Waals surface area contributed by atoms with Gasteiger partial charge in [0.05, 0.1) is 12.2 Å². The fourth-order valence-electron chi connectivity index (χ4n) is 3.09. The third kappa shape index (κ3) is 2.61. The third-order valence-corrected chi connectivity index (χ3v) is 4.17. The van der Waals surface area contributed by atoms with Gasteiger partial charge in [0.1, 0.15) is 5.75 Å². The molecule has 2 aliphatic heterocycles. The predicted molar refractivity (Wildman–Crippen MR) is 72.6 cm³/mol. The highest BCUT2D eigenvalue weighted by atomic mass is 35.5. The average Bonchev–Trinajstić information content (AvgIpc) is 2.56. The van der Waals surface area contributed by atoms with Gasteiger partial charge in [0.25, 0.3) is 0 Å². The molecule has 0 aliphatic carbocycles. The molecule has 0 amide bonds. The van der Waals surface area contributed by atoms with Crippen LogP contribution >= 0.6 is 12.4 Å². The lowest BCUT2D eigenvalue weighted by atomic mass is 9.76. The first-order valence-corrected chi connectivity index (χ1v) is 6.57. The lowest BCUT2D eigenvalue weighted by Gasteiger charge is -2.25. The highest BCUT2D eigenvalue weighted by molar-refractivity contribution is 5.85. The summed E-state index contributed by atoms with van der Waals surface area (Å²) in [6.45, 7) is 2.37. The second kappa shape index (κ2) is 5.45. The van der Waals surface area contributed by atoms with Crippen LogP contribution in [0.1, 0.15) is 30.4 Å². The van der Waals surface area contributed by atoms with Gasteiger partial charge in [-0.2, -0.15) is 13.2 Å². The number of ether oxygens (including phenoxy) is 1. The summed E-state index contributed by atoms with van der Waals surface area (Å²) in [6.07, 6.45) is -1.38. The van der Waals surface area contributed by atoms with E-state index in [2.05, 4.69) is 5.32 Å². The number of fused-ring (bicyclic) bond motifs is 2. The van der Waals surface area contributed by atoms with E-state index >= 15 is 0 Å². The van der Waals surface area contributed by atoms with E-state index in [1.165, 1.54) is 6.07 Å². The first-order valence-electron chi connectivity index (χ1n) is 6.57. The molecule has 1 atom stereocenters. The maximum absolute atomic E-state index is 12.7. The molecule has 2 nitrogen and oxygen atoms in total.